The number of rotatable bonds is 5. The molecule has 2 heterocycles. The summed E-state index contributed by atoms with van der Waals surface area (Å²) in [6.45, 7) is 0. The van der Waals surface area contributed by atoms with Gasteiger partial charge in [-0.2, -0.15) is 5.10 Å². The van der Waals surface area contributed by atoms with Crippen molar-refractivity contribution in [2.75, 3.05) is 7.11 Å². The van der Waals surface area contributed by atoms with Crippen LogP contribution in [0.3, 0.4) is 0 Å². The van der Waals surface area contributed by atoms with Crippen molar-refractivity contribution in [2.45, 2.75) is 44.6 Å². The molecule has 3 aromatic rings. The van der Waals surface area contributed by atoms with Crippen LogP contribution in [0.5, 0.6) is 5.75 Å². The molecule has 7 rings (SSSR count). The molecule has 1 amide bonds. The number of carbonyl (C=O) groups is 1. The Kier molecular flexibility index (Phi) is 4.85. The third-order valence-corrected chi connectivity index (χ3v) is 7.88. The summed E-state index contributed by atoms with van der Waals surface area (Å²) >= 11 is 0. The Balaban J connectivity index is 1.35. The molecule has 0 saturated heterocycles. The Morgan fingerprint density at radius 2 is 1.76 bits per heavy atom. The molecule has 0 unspecified atom stereocenters. The van der Waals surface area contributed by atoms with Gasteiger partial charge in [-0.25, -0.2) is 18.3 Å². The number of nitrogens with zero attached hydrogens (tertiary/aromatic N) is 3. The van der Waals surface area contributed by atoms with E-state index in [0.717, 1.165) is 16.4 Å². The summed E-state index contributed by atoms with van der Waals surface area (Å²) in [6.07, 6.45) is 4.68. The Labute approximate surface area is 190 Å². The summed E-state index contributed by atoms with van der Waals surface area (Å²) in [4.78, 5) is 17.9. The molecule has 4 aliphatic rings. The fraction of sp³-hybridized carbons (Fsp3) is 0.480. The first-order valence-corrected chi connectivity index (χ1v) is 11.6. The number of amides is 1. The van der Waals surface area contributed by atoms with Gasteiger partial charge in [-0.05, 0) is 86.1 Å². The zero-order chi connectivity index (χ0) is 22.7. The quantitative estimate of drug-likeness (QED) is 0.598. The maximum Gasteiger partial charge on any atom is 0.280 e. The molecule has 33 heavy (non-hydrogen) atoms. The lowest BCUT2D eigenvalue weighted by Crippen LogP contribution is -2.55. The Bertz CT molecular complexity index is 1180. The highest BCUT2D eigenvalue weighted by Crippen LogP contribution is 2.53. The van der Waals surface area contributed by atoms with Crippen LogP contribution in [0.1, 0.15) is 54.6 Å². The highest BCUT2D eigenvalue weighted by atomic mass is 19.3. The van der Waals surface area contributed by atoms with E-state index in [4.69, 9.17) is 4.74 Å². The van der Waals surface area contributed by atoms with E-state index in [0.29, 0.717) is 28.8 Å². The lowest BCUT2D eigenvalue weighted by molar-refractivity contribution is -0.0119. The molecule has 172 valence electrons. The fourth-order valence-electron chi connectivity index (χ4n) is 6.60. The van der Waals surface area contributed by atoms with E-state index < -0.39 is 6.43 Å². The minimum absolute atomic E-state index is 0.152. The van der Waals surface area contributed by atoms with Gasteiger partial charge in [-0.1, -0.05) is 0 Å². The average molecular weight is 453 g/mol. The van der Waals surface area contributed by atoms with Crippen molar-refractivity contribution in [3.63, 3.8) is 0 Å². The van der Waals surface area contributed by atoms with Gasteiger partial charge in [0.2, 0.25) is 0 Å². The van der Waals surface area contributed by atoms with E-state index in [2.05, 4.69) is 15.4 Å². The van der Waals surface area contributed by atoms with Crippen molar-refractivity contribution in [1.29, 1.82) is 0 Å². The Morgan fingerprint density at radius 3 is 2.36 bits per heavy atom. The van der Waals surface area contributed by atoms with Gasteiger partial charge in [0.1, 0.15) is 17.0 Å². The lowest BCUT2D eigenvalue weighted by Gasteiger charge is -2.54. The summed E-state index contributed by atoms with van der Waals surface area (Å²) in [5.74, 6) is 3.04. The van der Waals surface area contributed by atoms with Crippen LogP contribution in [-0.2, 0) is 0 Å². The number of benzene rings is 1. The van der Waals surface area contributed by atoms with Crippen molar-refractivity contribution in [3.8, 4) is 17.0 Å². The third kappa shape index (κ3) is 3.47. The van der Waals surface area contributed by atoms with Crippen LogP contribution in [0, 0.1) is 23.7 Å². The standard InChI is InChI=1S/C25H26F2N4O2/c1-33-18-4-2-15(3-5-18)20-11-21(23(26)27)31-24(29-20)19(12-28-31)25(32)30-22-16-7-13-6-14(9-16)10-17(22)8-13/h2-5,11-14,16-17,22-23H,6-10H2,1H3,(H,30,32). The van der Waals surface area contributed by atoms with Gasteiger partial charge < -0.3 is 10.1 Å². The normalized spacial score (nSPS) is 27.9. The van der Waals surface area contributed by atoms with Crippen LogP contribution in [-0.4, -0.2) is 33.7 Å². The number of hydrogen-bond acceptors (Lipinski definition) is 4. The number of alkyl halides is 2. The molecule has 0 atom stereocenters. The summed E-state index contributed by atoms with van der Waals surface area (Å²) in [5, 5.41) is 7.34. The molecule has 1 aromatic carbocycles. The number of aromatic nitrogens is 3. The first-order valence-electron chi connectivity index (χ1n) is 11.6. The second-order valence-corrected chi connectivity index (χ2v) is 9.82. The summed E-state index contributed by atoms with van der Waals surface area (Å²) < 4.78 is 34.0. The van der Waals surface area contributed by atoms with E-state index in [9.17, 15) is 13.6 Å². The molecule has 4 bridgehead atoms. The number of hydrogen-bond donors (Lipinski definition) is 1. The van der Waals surface area contributed by atoms with Gasteiger partial charge in [-0.3, -0.25) is 4.79 Å². The van der Waals surface area contributed by atoms with Crippen molar-refractivity contribution in [3.05, 3.63) is 47.8 Å². The van der Waals surface area contributed by atoms with Gasteiger partial charge in [0.25, 0.3) is 12.3 Å². The van der Waals surface area contributed by atoms with Gasteiger partial charge in [0.05, 0.1) is 19.0 Å². The minimum atomic E-state index is -2.76. The molecule has 0 radical (unpaired) electrons. The van der Waals surface area contributed by atoms with Gasteiger partial charge >= 0.3 is 0 Å². The molecule has 4 saturated carbocycles. The number of nitrogens with one attached hydrogen (secondary N) is 1. The molecule has 4 aliphatic carbocycles. The molecule has 2 aromatic heterocycles. The summed E-state index contributed by atoms with van der Waals surface area (Å²) in [6, 6.07) is 8.50. The molecule has 0 spiro atoms. The number of ether oxygens (including phenoxy) is 1. The van der Waals surface area contributed by atoms with E-state index in [-0.39, 0.29) is 28.9 Å². The first-order chi connectivity index (χ1) is 16.0. The fourth-order valence-corrected chi connectivity index (χ4v) is 6.60. The van der Waals surface area contributed by atoms with Gasteiger partial charge in [0.15, 0.2) is 5.65 Å². The molecule has 1 N–H and O–H groups in total. The van der Waals surface area contributed by atoms with E-state index in [1.807, 2.05) is 0 Å². The second-order valence-electron chi connectivity index (χ2n) is 9.82. The van der Waals surface area contributed by atoms with Crippen LogP contribution in [0.2, 0.25) is 0 Å². The first kappa shape index (κ1) is 20.6. The number of halogens is 2. The van der Waals surface area contributed by atoms with Crippen LogP contribution < -0.4 is 10.1 Å². The zero-order valence-electron chi connectivity index (χ0n) is 18.4. The second kappa shape index (κ2) is 7.78. The Morgan fingerprint density at radius 1 is 1.09 bits per heavy atom. The molecule has 0 aliphatic heterocycles. The minimum Gasteiger partial charge on any atom is -0.497 e. The SMILES string of the molecule is COc1ccc(-c2cc(C(F)F)n3ncc(C(=O)NC4C5CC6CC(C5)CC4C6)c3n2)cc1. The molecular formula is C25H26F2N4O2. The predicted molar refractivity (Wildman–Crippen MR) is 118 cm³/mol. The maximum atomic E-state index is 13.9. The summed E-state index contributed by atoms with van der Waals surface area (Å²) in [5.41, 5.74) is 1.12. The topological polar surface area (TPSA) is 68.5 Å². The summed E-state index contributed by atoms with van der Waals surface area (Å²) in [7, 11) is 1.56. The van der Waals surface area contributed by atoms with Crippen molar-refractivity contribution >= 4 is 11.6 Å². The molecule has 6 nitrogen and oxygen atoms in total. The van der Waals surface area contributed by atoms with Crippen molar-refractivity contribution in [1.82, 2.24) is 19.9 Å². The molecule has 4 fully saturated rings. The number of carbonyl (C=O) groups excluding carboxylic acids is 1. The van der Waals surface area contributed by atoms with Gasteiger partial charge in [-0.15, -0.1) is 0 Å². The van der Waals surface area contributed by atoms with Crippen LogP contribution in [0.4, 0.5) is 8.78 Å². The Hall–Kier alpha value is -3.03. The van der Waals surface area contributed by atoms with Crippen LogP contribution in [0.25, 0.3) is 16.9 Å². The highest BCUT2D eigenvalue weighted by molar-refractivity contribution is 6.00. The average Bonchev–Trinajstić information content (AvgIpc) is 3.24. The molecular weight excluding hydrogens is 426 g/mol. The van der Waals surface area contributed by atoms with Crippen LogP contribution in [0.15, 0.2) is 36.5 Å². The number of fused-ring (bicyclic) bond motifs is 1. The van der Waals surface area contributed by atoms with Gasteiger partial charge in [0, 0.05) is 11.6 Å². The predicted octanol–water partition coefficient (Wildman–Crippen LogP) is 4.90. The van der Waals surface area contributed by atoms with Crippen molar-refractivity contribution in [2.24, 2.45) is 23.7 Å². The highest BCUT2D eigenvalue weighted by Gasteiger charge is 2.48. The zero-order valence-corrected chi connectivity index (χ0v) is 18.4. The van der Waals surface area contributed by atoms with Crippen LogP contribution >= 0.6 is 0 Å². The number of methoxy groups -OCH3 is 1. The molecule has 8 heteroatoms. The third-order valence-electron chi connectivity index (χ3n) is 7.88. The smallest absolute Gasteiger partial charge is 0.280 e. The van der Waals surface area contributed by atoms with E-state index >= 15 is 0 Å². The largest absolute Gasteiger partial charge is 0.497 e. The monoisotopic (exact) mass is 452 g/mol. The van der Waals surface area contributed by atoms with E-state index in [1.165, 1.54) is 44.4 Å². The maximum absolute atomic E-state index is 13.9. The lowest BCUT2D eigenvalue weighted by atomic mass is 9.54. The van der Waals surface area contributed by atoms with Crippen molar-refractivity contribution < 1.29 is 18.3 Å². The van der Waals surface area contributed by atoms with E-state index in [1.54, 1.807) is 31.4 Å².